The minimum Gasteiger partial charge on any atom is -0.457 e. The molecule has 0 amide bonds. The second-order valence-corrected chi connectivity index (χ2v) is 8.23. The number of anilines is 6. The summed E-state index contributed by atoms with van der Waals surface area (Å²) in [6, 6.07) is 26.9. The summed E-state index contributed by atoms with van der Waals surface area (Å²) in [5.74, 6) is 2.51. The van der Waals surface area contributed by atoms with Crippen LogP contribution in [0.15, 0.2) is 89.5 Å². The number of furan rings is 1. The zero-order valence-electron chi connectivity index (χ0n) is 18.1. The Bertz CT molecular complexity index is 1280. The van der Waals surface area contributed by atoms with E-state index >= 15 is 0 Å². The van der Waals surface area contributed by atoms with Gasteiger partial charge in [0.1, 0.15) is 17.2 Å². The van der Waals surface area contributed by atoms with Crippen LogP contribution < -0.4 is 24.3 Å². The van der Waals surface area contributed by atoms with Crippen molar-refractivity contribution < 1.29 is 9.15 Å². The Morgan fingerprint density at radius 2 is 1.28 bits per heavy atom. The molecular weight excluding hydrogens is 400 g/mol. The van der Waals surface area contributed by atoms with Crippen LogP contribution in [0.1, 0.15) is 0 Å². The van der Waals surface area contributed by atoms with Crippen LogP contribution in [0.2, 0.25) is 0 Å². The van der Waals surface area contributed by atoms with Gasteiger partial charge in [0.05, 0.1) is 31.0 Å². The molecule has 0 aliphatic carbocycles. The fourth-order valence-corrected chi connectivity index (χ4v) is 4.53. The second-order valence-electron chi connectivity index (χ2n) is 8.23. The van der Waals surface area contributed by atoms with Gasteiger partial charge in [0.25, 0.3) is 0 Å². The molecule has 6 heteroatoms. The fraction of sp³-hybridized carbons (Fsp3) is 0.154. The molecule has 6 rings (SSSR count). The van der Waals surface area contributed by atoms with Gasteiger partial charge in [-0.3, -0.25) is 0 Å². The summed E-state index contributed by atoms with van der Waals surface area (Å²) in [6.45, 7) is 1.56. The molecule has 0 radical (unpaired) electrons. The van der Waals surface area contributed by atoms with Crippen LogP contribution in [-0.4, -0.2) is 27.4 Å². The predicted octanol–water partition coefficient (Wildman–Crippen LogP) is 6.16. The van der Waals surface area contributed by atoms with Crippen LogP contribution in [0, 0.1) is 0 Å². The minimum atomic E-state index is 0.746. The lowest BCUT2D eigenvalue weighted by Gasteiger charge is -2.21. The van der Waals surface area contributed by atoms with Crippen LogP contribution in [-0.2, 0) is 0 Å². The molecule has 0 saturated heterocycles. The van der Waals surface area contributed by atoms with E-state index in [1.165, 1.54) is 11.4 Å². The molecule has 4 aromatic rings. The van der Waals surface area contributed by atoms with Gasteiger partial charge in [-0.1, -0.05) is 24.3 Å². The minimum absolute atomic E-state index is 0.746. The zero-order valence-corrected chi connectivity index (χ0v) is 18.1. The highest BCUT2D eigenvalue weighted by atomic mass is 16.5. The number of nitrogens with zero attached hydrogens (tertiary/aromatic N) is 4. The average Bonchev–Trinajstić information content (AvgIpc) is 3.50. The Labute approximate surface area is 187 Å². The van der Waals surface area contributed by atoms with Crippen LogP contribution >= 0.6 is 0 Å². The summed E-state index contributed by atoms with van der Waals surface area (Å²) in [7, 11) is 4.15. The third-order valence-electron chi connectivity index (χ3n) is 6.05. The van der Waals surface area contributed by atoms with E-state index in [9.17, 15) is 0 Å². The maximum Gasteiger partial charge on any atom is 0.220 e. The highest BCUT2D eigenvalue weighted by Gasteiger charge is 2.28. The van der Waals surface area contributed by atoms with E-state index in [1.54, 1.807) is 6.26 Å². The van der Waals surface area contributed by atoms with Crippen molar-refractivity contribution in [2.45, 2.75) is 0 Å². The molecule has 0 unspecified atom stereocenters. The van der Waals surface area contributed by atoms with Gasteiger partial charge in [0.15, 0.2) is 0 Å². The smallest absolute Gasteiger partial charge is 0.220 e. The van der Waals surface area contributed by atoms with E-state index in [2.05, 4.69) is 75.2 Å². The third kappa shape index (κ3) is 3.03. The van der Waals surface area contributed by atoms with E-state index in [4.69, 9.17) is 9.15 Å². The molecule has 0 spiro atoms. The Morgan fingerprint density at radius 3 is 2.00 bits per heavy atom. The number of benzene rings is 3. The number of hydrogen-bond acceptors (Lipinski definition) is 6. The Balaban J connectivity index is 1.26. The van der Waals surface area contributed by atoms with Crippen LogP contribution in [0.3, 0.4) is 0 Å². The van der Waals surface area contributed by atoms with Gasteiger partial charge < -0.3 is 28.8 Å². The number of fused-ring (bicyclic) bond motifs is 2. The van der Waals surface area contributed by atoms with Crippen molar-refractivity contribution in [1.82, 2.24) is 0 Å². The molecule has 0 bridgehead atoms. The first-order valence-corrected chi connectivity index (χ1v) is 10.7. The molecule has 0 atom stereocenters. The quantitative estimate of drug-likeness (QED) is 0.390. The van der Waals surface area contributed by atoms with Gasteiger partial charge in [-0.05, 0) is 36.4 Å². The third-order valence-corrected chi connectivity index (χ3v) is 6.05. The van der Waals surface area contributed by atoms with Crippen LogP contribution in [0.25, 0.3) is 0 Å². The van der Waals surface area contributed by atoms with Gasteiger partial charge >= 0.3 is 0 Å². The normalized spacial score (nSPS) is 14.7. The van der Waals surface area contributed by atoms with Gasteiger partial charge in [0, 0.05) is 43.7 Å². The van der Waals surface area contributed by atoms with Crippen LogP contribution in [0.4, 0.5) is 34.3 Å². The maximum atomic E-state index is 6.29. The summed E-state index contributed by atoms with van der Waals surface area (Å²) < 4.78 is 11.9. The van der Waals surface area contributed by atoms with Crippen molar-refractivity contribution in [3.8, 4) is 11.5 Å². The van der Waals surface area contributed by atoms with Crippen LogP contribution in [0.5, 0.6) is 11.5 Å². The lowest BCUT2D eigenvalue weighted by molar-refractivity contribution is 0.483. The Kier molecular flexibility index (Phi) is 4.24. The van der Waals surface area contributed by atoms with E-state index in [0.717, 1.165) is 47.8 Å². The first kappa shape index (κ1) is 18.7. The SMILES string of the molecule is CN1CN(c2cccc(Oc3cccc(N4CN(C)c5occc54)c3)c2)c2ccccc21. The Morgan fingerprint density at radius 1 is 0.656 bits per heavy atom. The molecule has 0 fully saturated rings. The molecule has 32 heavy (non-hydrogen) atoms. The summed E-state index contributed by atoms with van der Waals surface area (Å²) in [4.78, 5) is 8.87. The summed E-state index contributed by atoms with van der Waals surface area (Å²) in [5.41, 5.74) is 5.70. The molecule has 2 aliphatic rings. The molecule has 2 aliphatic heterocycles. The van der Waals surface area contributed by atoms with Crippen molar-refractivity contribution in [2.75, 3.05) is 47.0 Å². The standard InChI is InChI=1S/C26H24N4O2/c1-27-17-29(24-12-4-3-11-23(24)27)19-7-5-9-21(15-19)32-22-10-6-8-20(16-22)30-18-28(2)26-25(30)13-14-31-26/h3-16H,17-18H2,1-2H3. The highest BCUT2D eigenvalue weighted by Crippen LogP contribution is 2.43. The maximum absolute atomic E-state index is 6.29. The monoisotopic (exact) mass is 424 g/mol. The first-order valence-electron chi connectivity index (χ1n) is 10.7. The zero-order chi connectivity index (χ0) is 21.7. The molecule has 6 nitrogen and oxygen atoms in total. The highest BCUT2D eigenvalue weighted by molar-refractivity contribution is 5.82. The molecule has 160 valence electrons. The number of hydrogen-bond donors (Lipinski definition) is 0. The largest absolute Gasteiger partial charge is 0.457 e. The molecule has 3 aromatic carbocycles. The van der Waals surface area contributed by atoms with E-state index < -0.39 is 0 Å². The summed E-state index contributed by atoms with van der Waals surface area (Å²) >= 11 is 0. The van der Waals surface area contributed by atoms with Crippen molar-refractivity contribution >= 4 is 34.3 Å². The molecule has 0 N–H and O–H groups in total. The second kappa shape index (κ2) is 7.27. The van der Waals surface area contributed by atoms with Crippen molar-refractivity contribution in [3.63, 3.8) is 0 Å². The molecule has 3 heterocycles. The van der Waals surface area contributed by atoms with Gasteiger partial charge in [0.2, 0.25) is 5.88 Å². The molecular formula is C26H24N4O2. The number of ether oxygens (including phenoxy) is 1. The number of para-hydroxylation sites is 2. The first-order chi connectivity index (χ1) is 15.7. The van der Waals surface area contributed by atoms with Crippen molar-refractivity contribution in [2.24, 2.45) is 0 Å². The lowest BCUT2D eigenvalue weighted by Crippen LogP contribution is -2.24. The van der Waals surface area contributed by atoms with Crippen molar-refractivity contribution in [3.05, 3.63) is 85.1 Å². The lowest BCUT2D eigenvalue weighted by atomic mass is 10.2. The fourth-order valence-electron chi connectivity index (χ4n) is 4.53. The van der Waals surface area contributed by atoms with Gasteiger partial charge in [-0.2, -0.15) is 0 Å². The van der Waals surface area contributed by atoms with Gasteiger partial charge in [-0.15, -0.1) is 0 Å². The summed E-state index contributed by atoms with van der Waals surface area (Å²) in [6.07, 6.45) is 1.73. The predicted molar refractivity (Wildman–Crippen MR) is 129 cm³/mol. The van der Waals surface area contributed by atoms with Gasteiger partial charge in [-0.25, -0.2) is 0 Å². The van der Waals surface area contributed by atoms with E-state index in [1.807, 2.05) is 37.4 Å². The molecule has 1 aromatic heterocycles. The summed E-state index contributed by atoms with van der Waals surface area (Å²) in [5, 5.41) is 0. The molecule has 0 saturated carbocycles. The van der Waals surface area contributed by atoms with E-state index in [0.29, 0.717) is 0 Å². The van der Waals surface area contributed by atoms with E-state index in [-0.39, 0.29) is 0 Å². The number of rotatable bonds is 4. The topological polar surface area (TPSA) is 35.3 Å². The Hall–Kier alpha value is -4.06. The average molecular weight is 425 g/mol. The van der Waals surface area contributed by atoms with Crippen molar-refractivity contribution in [1.29, 1.82) is 0 Å².